The van der Waals surface area contributed by atoms with Crippen LogP contribution in [0.25, 0.3) is 0 Å². The number of hydrogen-bond donors (Lipinski definition) is 1. The Bertz CT molecular complexity index is 486. The third-order valence-electron chi connectivity index (χ3n) is 1.61. The molecule has 0 atom stereocenters. The van der Waals surface area contributed by atoms with Crippen molar-refractivity contribution in [3.05, 3.63) is 28.7 Å². The molecule has 6 heteroatoms. The standard InChI is InChI=1S/C9H8BrN3OS/c1-5-4-14-9(13-5)15-8-7(10)2-6(11)3-12-8/h2-4H,11H2,1H3. The first-order chi connectivity index (χ1) is 7.15. The van der Waals surface area contributed by atoms with Crippen molar-refractivity contribution in [3.8, 4) is 0 Å². The summed E-state index contributed by atoms with van der Waals surface area (Å²) in [4.78, 5) is 8.35. The van der Waals surface area contributed by atoms with Gasteiger partial charge in [-0.1, -0.05) is 0 Å². The van der Waals surface area contributed by atoms with Gasteiger partial charge in [-0.2, -0.15) is 0 Å². The molecule has 0 bridgehead atoms. The summed E-state index contributed by atoms with van der Waals surface area (Å²) in [6.45, 7) is 1.87. The number of nitrogen functional groups attached to an aromatic ring is 1. The molecule has 0 spiro atoms. The summed E-state index contributed by atoms with van der Waals surface area (Å²) < 4.78 is 6.05. The van der Waals surface area contributed by atoms with Gasteiger partial charge in [0, 0.05) is 0 Å². The van der Waals surface area contributed by atoms with Gasteiger partial charge in [0.2, 0.25) is 0 Å². The second kappa shape index (κ2) is 4.24. The zero-order valence-corrected chi connectivity index (χ0v) is 10.3. The van der Waals surface area contributed by atoms with Crippen LogP contribution in [0.4, 0.5) is 5.69 Å². The number of pyridine rings is 1. The summed E-state index contributed by atoms with van der Waals surface area (Å²) >= 11 is 4.73. The first-order valence-electron chi connectivity index (χ1n) is 4.16. The molecule has 2 heterocycles. The van der Waals surface area contributed by atoms with E-state index in [0.717, 1.165) is 15.2 Å². The normalized spacial score (nSPS) is 10.5. The van der Waals surface area contributed by atoms with Gasteiger partial charge in [-0.25, -0.2) is 9.97 Å². The quantitative estimate of drug-likeness (QED) is 0.919. The summed E-state index contributed by atoms with van der Waals surface area (Å²) in [6.07, 6.45) is 3.20. The molecule has 15 heavy (non-hydrogen) atoms. The van der Waals surface area contributed by atoms with E-state index in [1.54, 1.807) is 18.5 Å². The second-order valence-electron chi connectivity index (χ2n) is 2.91. The monoisotopic (exact) mass is 285 g/mol. The van der Waals surface area contributed by atoms with Crippen LogP contribution in [0, 0.1) is 6.92 Å². The Morgan fingerprint density at radius 2 is 2.33 bits per heavy atom. The zero-order valence-electron chi connectivity index (χ0n) is 7.90. The Labute approximate surface area is 99.4 Å². The molecule has 0 aromatic carbocycles. The fraction of sp³-hybridized carbons (Fsp3) is 0.111. The number of rotatable bonds is 2. The molecule has 4 nitrogen and oxygen atoms in total. The molecule has 0 radical (unpaired) electrons. The number of aryl methyl sites for hydroxylation is 1. The average Bonchev–Trinajstić information content (AvgIpc) is 2.56. The predicted octanol–water partition coefficient (Wildman–Crippen LogP) is 2.87. The molecule has 2 aromatic heterocycles. The van der Waals surface area contributed by atoms with Gasteiger partial charge in [-0.15, -0.1) is 0 Å². The molecule has 0 aliphatic rings. The lowest BCUT2D eigenvalue weighted by Crippen LogP contribution is -1.88. The van der Waals surface area contributed by atoms with Gasteiger partial charge >= 0.3 is 0 Å². The number of nitrogens with two attached hydrogens (primary N) is 1. The molecule has 0 fully saturated rings. The first-order valence-corrected chi connectivity index (χ1v) is 5.77. The van der Waals surface area contributed by atoms with Crippen molar-refractivity contribution in [2.45, 2.75) is 17.2 Å². The van der Waals surface area contributed by atoms with E-state index >= 15 is 0 Å². The number of nitrogens with zero attached hydrogens (tertiary/aromatic N) is 2. The third-order valence-corrected chi connectivity index (χ3v) is 3.36. The van der Waals surface area contributed by atoms with Crippen molar-refractivity contribution < 1.29 is 4.42 Å². The van der Waals surface area contributed by atoms with Gasteiger partial charge in [0.25, 0.3) is 5.22 Å². The molecule has 0 amide bonds. The minimum Gasteiger partial charge on any atom is -0.439 e. The molecular formula is C9H8BrN3OS. The topological polar surface area (TPSA) is 64.9 Å². The third kappa shape index (κ3) is 2.51. The highest BCUT2D eigenvalue weighted by Gasteiger charge is 2.08. The lowest BCUT2D eigenvalue weighted by molar-refractivity contribution is 0.453. The van der Waals surface area contributed by atoms with E-state index in [4.69, 9.17) is 10.2 Å². The fourth-order valence-corrected chi connectivity index (χ4v) is 2.30. The van der Waals surface area contributed by atoms with Crippen LogP contribution < -0.4 is 5.73 Å². The van der Waals surface area contributed by atoms with Gasteiger partial charge in [0.05, 0.1) is 22.1 Å². The van der Waals surface area contributed by atoms with E-state index in [0.29, 0.717) is 10.9 Å². The molecule has 2 N–H and O–H groups in total. The Morgan fingerprint density at radius 3 is 2.93 bits per heavy atom. The Kier molecular flexibility index (Phi) is 2.97. The number of halogens is 1. The van der Waals surface area contributed by atoms with Gasteiger partial charge in [-0.3, -0.25) is 0 Å². The van der Waals surface area contributed by atoms with Crippen molar-refractivity contribution >= 4 is 33.4 Å². The largest absolute Gasteiger partial charge is 0.439 e. The summed E-state index contributed by atoms with van der Waals surface area (Å²) in [6, 6.07) is 1.80. The van der Waals surface area contributed by atoms with Gasteiger partial charge in [-0.05, 0) is 40.7 Å². The van der Waals surface area contributed by atoms with Crippen molar-refractivity contribution in [1.82, 2.24) is 9.97 Å². The molecule has 0 aliphatic heterocycles. The predicted molar refractivity (Wildman–Crippen MR) is 61.7 cm³/mol. The Hall–Kier alpha value is -1.01. The second-order valence-corrected chi connectivity index (χ2v) is 4.71. The molecule has 2 rings (SSSR count). The van der Waals surface area contributed by atoms with E-state index in [9.17, 15) is 0 Å². The maximum Gasteiger partial charge on any atom is 0.262 e. The minimum absolute atomic E-state index is 0.575. The number of aromatic nitrogens is 2. The van der Waals surface area contributed by atoms with Crippen LogP contribution in [0.15, 0.2) is 37.7 Å². The van der Waals surface area contributed by atoms with Crippen LogP contribution in [-0.2, 0) is 0 Å². The van der Waals surface area contributed by atoms with Crippen LogP contribution >= 0.6 is 27.7 Å². The Balaban J connectivity index is 2.24. The molecular weight excluding hydrogens is 278 g/mol. The highest BCUT2D eigenvalue weighted by Crippen LogP contribution is 2.31. The van der Waals surface area contributed by atoms with E-state index in [-0.39, 0.29) is 0 Å². The summed E-state index contributed by atoms with van der Waals surface area (Å²) in [5.74, 6) is 0. The first kappa shape index (κ1) is 10.5. The maximum atomic E-state index is 5.58. The fourth-order valence-electron chi connectivity index (χ4n) is 0.977. The van der Waals surface area contributed by atoms with Crippen LogP contribution in [0.5, 0.6) is 0 Å². The van der Waals surface area contributed by atoms with Gasteiger partial charge in [0.15, 0.2) is 0 Å². The zero-order chi connectivity index (χ0) is 10.8. The van der Waals surface area contributed by atoms with Crippen molar-refractivity contribution in [3.63, 3.8) is 0 Å². The maximum absolute atomic E-state index is 5.58. The minimum atomic E-state index is 0.575. The molecule has 0 unspecified atom stereocenters. The van der Waals surface area contributed by atoms with Crippen LogP contribution in [-0.4, -0.2) is 9.97 Å². The molecule has 0 saturated carbocycles. The smallest absolute Gasteiger partial charge is 0.262 e. The highest BCUT2D eigenvalue weighted by atomic mass is 79.9. The molecule has 0 saturated heterocycles. The van der Waals surface area contributed by atoms with Crippen LogP contribution in [0.1, 0.15) is 5.69 Å². The van der Waals surface area contributed by atoms with Crippen LogP contribution in [0.3, 0.4) is 0 Å². The lowest BCUT2D eigenvalue weighted by atomic mass is 10.4. The van der Waals surface area contributed by atoms with Crippen LogP contribution in [0.2, 0.25) is 0 Å². The summed E-state index contributed by atoms with van der Waals surface area (Å²) in [7, 11) is 0. The highest BCUT2D eigenvalue weighted by molar-refractivity contribution is 9.10. The van der Waals surface area contributed by atoms with E-state index in [2.05, 4.69) is 25.9 Å². The van der Waals surface area contributed by atoms with Gasteiger partial charge in [0.1, 0.15) is 11.3 Å². The van der Waals surface area contributed by atoms with E-state index in [1.807, 2.05) is 6.92 Å². The van der Waals surface area contributed by atoms with E-state index in [1.165, 1.54) is 11.8 Å². The van der Waals surface area contributed by atoms with Gasteiger partial charge < -0.3 is 10.2 Å². The van der Waals surface area contributed by atoms with Crippen molar-refractivity contribution in [2.24, 2.45) is 0 Å². The molecule has 0 aliphatic carbocycles. The van der Waals surface area contributed by atoms with Crippen molar-refractivity contribution in [1.29, 1.82) is 0 Å². The number of anilines is 1. The molecule has 2 aromatic rings. The summed E-state index contributed by atoms with van der Waals surface area (Å²) in [5.41, 5.74) is 7.06. The molecule has 78 valence electrons. The summed E-state index contributed by atoms with van der Waals surface area (Å²) in [5, 5.41) is 1.36. The Morgan fingerprint density at radius 1 is 1.53 bits per heavy atom. The lowest BCUT2D eigenvalue weighted by Gasteiger charge is -2.00. The van der Waals surface area contributed by atoms with E-state index < -0.39 is 0 Å². The average molecular weight is 286 g/mol. The van der Waals surface area contributed by atoms with Crippen molar-refractivity contribution in [2.75, 3.05) is 5.73 Å². The number of oxazole rings is 1. The SMILES string of the molecule is Cc1coc(Sc2ncc(N)cc2Br)n1. The number of hydrogen-bond acceptors (Lipinski definition) is 5.